The number of likely N-dealkylation sites (tertiary alicyclic amines) is 1. The number of rotatable bonds is 5. The normalized spacial score (nSPS) is 19.5. The molecule has 0 unspecified atom stereocenters. The second kappa shape index (κ2) is 7.01. The zero-order valence-corrected chi connectivity index (χ0v) is 11.7. The van der Waals surface area contributed by atoms with Gasteiger partial charge in [0, 0.05) is 0 Å². The lowest BCUT2D eigenvalue weighted by Crippen LogP contribution is -2.33. The molecule has 1 aromatic carbocycles. The van der Waals surface area contributed by atoms with Gasteiger partial charge in [-0.1, -0.05) is 19.1 Å². The molecule has 0 aromatic heterocycles. The summed E-state index contributed by atoms with van der Waals surface area (Å²) < 4.78 is 12.8. The first kappa shape index (κ1) is 14.5. The Hall–Kier alpha value is -0.930. The van der Waals surface area contributed by atoms with E-state index in [9.17, 15) is 9.50 Å². The van der Waals surface area contributed by atoms with E-state index in [-0.39, 0.29) is 5.82 Å². The number of aliphatic hydroxyl groups excluding tert-OH is 1. The third kappa shape index (κ3) is 4.59. The summed E-state index contributed by atoms with van der Waals surface area (Å²) in [6, 6.07) is 6.15. The highest BCUT2D eigenvalue weighted by atomic mass is 19.1. The van der Waals surface area contributed by atoms with Crippen molar-refractivity contribution < 1.29 is 9.50 Å². The standard InChI is InChI=1S/C16H24FNO/c1-13-8-11-18(12-9-13)10-2-3-16(19)14-4-6-15(17)7-5-14/h4-7,13,16,19H,2-3,8-12H2,1H3/t16-/m1/s1. The predicted molar refractivity (Wildman–Crippen MR) is 75.4 cm³/mol. The van der Waals surface area contributed by atoms with Crippen LogP contribution in [0.15, 0.2) is 24.3 Å². The van der Waals surface area contributed by atoms with Crippen LogP contribution in [0.5, 0.6) is 0 Å². The van der Waals surface area contributed by atoms with Gasteiger partial charge in [0.1, 0.15) is 5.82 Å². The molecule has 0 aliphatic carbocycles. The van der Waals surface area contributed by atoms with E-state index in [1.165, 1.54) is 38.1 Å². The van der Waals surface area contributed by atoms with Crippen molar-refractivity contribution in [2.75, 3.05) is 19.6 Å². The Balaban J connectivity index is 1.69. The Morgan fingerprint density at radius 3 is 2.53 bits per heavy atom. The number of hydrogen-bond donors (Lipinski definition) is 1. The number of piperidine rings is 1. The highest BCUT2D eigenvalue weighted by molar-refractivity contribution is 5.18. The predicted octanol–water partition coefficient (Wildman–Crippen LogP) is 3.37. The summed E-state index contributed by atoms with van der Waals surface area (Å²) in [6.07, 6.45) is 3.86. The molecular formula is C16H24FNO. The van der Waals surface area contributed by atoms with Crippen molar-refractivity contribution in [2.45, 2.75) is 38.7 Å². The number of nitrogens with zero attached hydrogens (tertiary/aromatic N) is 1. The lowest BCUT2D eigenvalue weighted by molar-refractivity contribution is 0.144. The fraction of sp³-hybridized carbons (Fsp3) is 0.625. The molecule has 1 aliphatic rings. The fourth-order valence-electron chi connectivity index (χ4n) is 2.65. The molecule has 1 saturated heterocycles. The molecule has 0 radical (unpaired) electrons. The molecule has 0 amide bonds. The van der Waals surface area contributed by atoms with Gasteiger partial charge in [0.05, 0.1) is 6.10 Å². The minimum absolute atomic E-state index is 0.251. The van der Waals surface area contributed by atoms with Gasteiger partial charge in [-0.15, -0.1) is 0 Å². The van der Waals surface area contributed by atoms with E-state index < -0.39 is 6.10 Å². The Kier molecular flexibility index (Phi) is 5.34. The first-order chi connectivity index (χ1) is 9.15. The lowest BCUT2D eigenvalue weighted by Gasteiger charge is -2.30. The Morgan fingerprint density at radius 1 is 1.26 bits per heavy atom. The molecule has 0 saturated carbocycles. The summed E-state index contributed by atoms with van der Waals surface area (Å²) in [6.45, 7) is 5.75. The molecule has 3 heteroatoms. The zero-order chi connectivity index (χ0) is 13.7. The average Bonchev–Trinajstić information content (AvgIpc) is 2.41. The van der Waals surface area contributed by atoms with Gasteiger partial charge < -0.3 is 10.0 Å². The van der Waals surface area contributed by atoms with E-state index >= 15 is 0 Å². The summed E-state index contributed by atoms with van der Waals surface area (Å²) in [7, 11) is 0. The molecule has 1 fully saturated rings. The van der Waals surface area contributed by atoms with Gasteiger partial charge in [-0.2, -0.15) is 0 Å². The van der Waals surface area contributed by atoms with Crippen LogP contribution in [0, 0.1) is 11.7 Å². The van der Waals surface area contributed by atoms with Crippen LogP contribution >= 0.6 is 0 Å². The maximum atomic E-state index is 12.8. The Labute approximate surface area is 115 Å². The summed E-state index contributed by atoms with van der Waals surface area (Å²) in [5.41, 5.74) is 0.814. The van der Waals surface area contributed by atoms with E-state index in [1.54, 1.807) is 12.1 Å². The second-order valence-electron chi connectivity index (χ2n) is 5.73. The molecule has 1 heterocycles. The average molecular weight is 265 g/mol. The highest BCUT2D eigenvalue weighted by Crippen LogP contribution is 2.20. The summed E-state index contributed by atoms with van der Waals surface area (Å²) in [5.74, 6) is 0.611. The number of benzene rings is 1. The van der Waals surface area contributed by atoms with Crippen LogP contribution in [0.1, 0.15) is 44.3 Å². The summed E-state index contributed by atoms with van der Waals surface area (Å²) in [5, 5.41) is 10.0. The molecule has 2 nitrogen and oxygen atoms in total. The van der Waals surface area contributed by atoms with Crippen LogP contribution in [0.4, 0.5) is 4.39 Å². The van der Waals surface area contributed by atoms with Gasteiger partial charge in [0.2, 0.25) is 0 Å². The quantitative estimate of drug-likeness (QED) is 0.882. The smallest absolute Gasteiger partial charge is 0.123 e. The first-order valence-electron chi connectivity index (χ1n) is 7.31. The van der Waals surface area contributed by atoms with Crippen molar-refractivity contribution in [2.24, 2.45) is 5.92 Å². The minimum atomic E-state index is -0.468. The third-order valence-corrected chi connectivity index (χ3v) is 4.08. The SMILES string of the molecule is CC1CCN(CCC[C@@H](O)c2ccc(F)cc2)CC1. The second-order valence-corrected chi connectivity index (χ2v) is 5.73. The zero-order valence-electron chi connectivity index (χ0n) is 11.7. The van der Waals surface area contributed by atoms with Crippen LogP contribution in [0.3, 0.4) is 0 Å². The molecule has 0 spiro atoms. The first-order valence-corrected chi connectivity index (χ1v) is 7.31. The monoisotopic (exact) mass is 265 g/mol. The maximum Gasteiger partial charge on any atom is 0.123 e. The molecule has 2 rings (SSSR count). The van der Waals surface area contributed by atoms with Gasteiger partial charge in [-0.05, 0) is 68.9 Å². The van der Waals surface area contributed by atoms with Crippen LogP contribution in [0.2, 0.25) is 0 Å². The van der Waals surface area contributed by atoms with Crippen molar-refractivity contribution in [1.82, 2.24) is 4.90 Å². The van der Waals surface area contributed by atoms with Crippen molar-refractivity contribution in [3.05, 3.63) is 35.6 Å². The van der Waals surface area contributed by atoms with E-state index in [0.29, 0.717) is 0 Å². The fourth-order valence-corrected chi connectivity index (χ4v) is 2.65. The minimum Gasteiger partial charge on any atom is -0.388 e. The van der Waals surface area contributed by atoms with Crippen LogP contribution < -0.4 is 0 Å². The van der Waals surface area contributed by atoms with E-state index in [2.05, 4.69) is 11.8 Å². The Morgan fingerprint density at radius 2 is 1.89 bits per heavy atom. The van der Waals surface area contributed by atoms with Crippen molar-refractivity contribution in [3.63, 3.8) is 0 Å². The number of halogens is 1. The molecule has 1 atom stereocenters. The molecule has 19 heavy (non-hydrogen) atoms. The van der Waals surface area contributed by atoms with Gasteiger partial charge in [0.25, 0.3) is 0 Å². The van der Waals surface area contributed by atoms with Gasteiger partial charge in [0.15, 0.2) is 0 Å². The summed E-state index contributed by atoms with van der Waals surface area (Å²) in [4.78, 5) is 2.48. The lowest BCUT2D eigenvalue weighted by atomic mass is 9.98. The summed E-state index contributed by atoms with van der Waals surface area (Å²) >= 11 is 0. The highest BCUT2D eigenvalue weighted by Gasteiger charge is 2.15. The number of hydrogen-bond acceptors (Lipinski definition) is 2. The molecule has 1 aromatic rings. The van der Waals surface area contributed by atoms with Crippen LogP contribution in [0.25, 0.3) is 0 Å². The van der Waals surface area contributed by atoms with E-state index in [1.807, 2.05) is 0 Å². The molecular weight excluding hydrogens is 241 g/mol. The van der Waals surface area contributed by atoms with E-state index in [0.717, 1.165) is 30.9 Å². The number of aliphatic hydroxyl groups is 1. The van der Waals surface area contributed by atoms with Crippen molar-refractivity contribution in [3.8, 4) is 0 Å². The topological polar surface area (TPSA) is 23.5 Å². The van der Waals surface area contributed by atoms with Crippen molar-refractivity contribution >= 4 is 0 Å². The van der Waals surface area contributed by atoms with Gasteiger partial charge in [-0.25, -0.2) is 4.39 Å². The maximum absolute atomic E-state index is 12.8. The van der Waals surface area contributed by atoms with Crippen LogP contribution in [-0.2, 0) is 0 Å². The largest absolute Gasteiger partial charge is 0.388 e. The molecule has 106 valence electrons. The van der Waals surface area contributed by atoms with Gasteiger partial charge >= 0.3 is 0 Å². The molecule has 1 aliphatic heterocycles. The van der Waals surface area contributed by atoms with Gasteiger partial charge in [-0.3, -0.25) is 0 Å². The van der Waals surface area contributed by atoms with E-state index in [4.69, 9.17) is 0 Å². The molecule has 1 N–H and O–H groups in total. The Bertz CT molecular complexity index is 371. The third-order valence-electron chi connectivity index (χ3n) is 4.08. The van der Waals surface area contributed by atoms with Crippen LogP contribution in [-0.4, -0.2) is 29.6 Å². The van der Waals surface area contributed by atoms with Crippen molar-refractivity contribution in [1.29, 1.82) is 0 Å². The molecule has 0 bridgehead atoms.